The summed E-state index contributed by atoms with van der Waals surface area (Å²) < 4.78 is 63.7. The Morgan fingerprint density at radius 1 is 1.07 bits per heavy atom. The van der Waals surface area contributed by atoms with E-state index >= 15 is 0 Å². The zero-order valence-corrected chi connectivity index (χ0v) is 16.7. The molecule has 29 heavy (non-hydrogen) atoms. The molecule has 0 radical (unpaired) electrons. The average molecular weight is 432 g/mol. The fourth-order valence-electron chi connectivity index (χ4n) is 3.27. The van der Waals surface area contributed by atoms with Crippen molar-refractivity contribution in [2.75, 3.05) is 26.2 Å². The standard InChI is InChI=1S/C21H22ClF4NO2/c1-20(29-17-5-2-15(22)3-6-17)8-10-27(11-9-20)12-13-28-19-14-16(23)4-7-18(19)21(24,25)26/h2-7,14H,8-13H2,1H3. The van der Waals surface area contributed by atoms with Crippen LogP contribution in [0.25, 0.3) is 0 Å². The highest BCUT2D eigenvalue weighted by Crippen LogP contribution is 2.36. The van der Waals surface area contributed by atoms with E-state index in [-0.39, 0.29) is 12.2 Å². The van der Waals surface area contributed by atoms with Crippen molar-refractivity contribution in [3.8, 4) is 11.5 Å². The maximum absolute atomic E-state index is 13.3. The minimum absolute atomic E-state index is 0.0429. The summed E-state index contributed by atoms with van der Waals surface area (Å²) in [6, 6.07) is 9.45. The van der Waals surface area contributed by atoms with Crippen LogP contribution in [0, 0.1) is 5.82 Å². The topological polar surface area (TPSA) is 21.7 Å². The molecule has 2 aromatic carbocycles. The third kappa shape index (κ3) is 6.00. The number of ether oxygens (including phenoxy) is 2. The molecule has 1 fully saturated rings. The quantitative estimate of drug-likeness (QED) is 0.539. The molecule has 0 spiro atoms. The van der Waals surface area contributed by atoms with Gasteiger partial charge in [0.15, 0.2) is 0 Å². The third-order valence-corrected chi connectivity index (χ3v) is 5.26. The maximum Gasteiger partial charge on any atom is 0.419 e. The number of hydrogen-bond donors (Lipinski definition) is 0. The van der Waals surface area contributed by atoms with Crippen molar-refractivity contribution in [2.24, 2.45) is 0 Å². The lowest BCUT2D eigenvalue weighted by atomic mass is 9.93. The first-order valence-corrected chi connectivity index (χ1v) is 9.69. The molecule has 0 saturated carbocycles. The van der Waals surface area contributed by atoms with Crippen molar-refractivity contribution < 1.29 is 27.0 Å². The van der Waals surface area contributed by atoms with Crippen LogP contribution in [0.3, 0.4) is 0 Å². The minimum Gasteiger partial charge on any atom is -0.492 e. The highest BCUT2D eigenvalue weighted by atomic mass is 35.5. The lowest BCUT2D eigenvalue weighted by molar-refractivity contribution is -0.139. The first-order valence-electron chi connectivity index (χ1n) is 9.31. The van der Waals surface area contributed by atoms with E-state index in [0.717, 1.165) is 43.8 Å². The van der Waals surface area contributed by atoms with Gasteiger partial charge in [-0.25, -0.2) is 4.39 Å². The van der Waals surface area contributed by atoms with Gasteiger partial charge in [-0.2, -0.15) is 13.2 Å². The lowest BCUT2D eigenvalue weighted by Crippen LogP contribution is -2.47. The van der Waals surface area contributed by atoms with Gasteiger partial charge in [0.05, 0.1) is 5.56 Å². The van der Waals surface area contributed by atoms with Gasteiger partial charge in [-0.15, -0.1) is 0 Å². The number of rotatable bonds is 6. The SMILES string of the molecule is CC1(Oc2ccc(Cl)cc2)CCN(CCOc2cc(F)ccc2C(F)(F)F)CC1. The number of likely N-dealkylation sites (tertiary alicyclic amines) is 1. The number of piperidine rings is 1. The molecule has 158 valence electrons. The molecule has 0 unspecified atom stereocenters. The molecule has 8 heteroatoms. The molecule has 0 amide bonds. The second kappa shape index (κ2) is 8.79. The Bertz CT molecular complexity index is 818. The van der Waals surface area contributed by atoms with Crippen molar-refractivity contribution in [1.82, 2.24) is 4.90 Å². The molecular formula is C21H22ClF4NO2. The van der Waals surface area contributed by atoms with E-state index < -0.39 is 23.3 Å². The molecule has 3 nitrogen and oxygen atoms in total. The van der Waals surface area contributed by atoms with Gasteiger partial charge in [-0.3, -0.25) is 4.90 Å². The van der Waals surface area contributed by atoms with Crippen molar-refractivity contribution in [1.29, 1.82) is 0 Å². The number of nitrogens with zero attached hydrogens (tertiary/aromatic N) is 1. The van der Waals surface area contributed by atoms with Gasteiger partial charge in [0.25, 0.3) is 0 Å². The van der Waals surface area contributed by atoms with Crippen LogP contribution in [0.2, 0.25) is 5.02 Å². The third-order valence-electron chi connectivity index (χ3n) is 5.01. The van der Waals surface area contributed by atoms with Crippen molar-refractivity contribution in [3.05, 3.63) is 58.9 Å². The number of halogens is 5. The summed E-state index contributed by atoms with van der Waals surface area (Å²) in [5.41, 5.74) is -1.29. The van der Waals surface area contributed by atoms with Crippen LogP contribution in [-0.4, -0.2) is 36.7 Å². The maximum atomic E-state index is 13.3. The Kier molecular flexibility index (Phi) is 6.58. The van der Waals surface area contributed by atoms with E-state index in [1.165, 1.54) is 0 Å². The summed E-state index contributed by atoms with van der Waals surface area (Å²) in [6.07, 6.45) is -3.05. The van der Waals surface area contributed by atoms with E-state index in [4.69, 9.17) is 21.1 Å². The molecule has 2 aromatic rings. The molecule has 1 saturated heterocycles. The van der Waals surface area contributed by atoms with Crippen LogP contribution >= 0.6 is 11.6 Å². The average Bonchev–Trinajstić information content (AvgIpc) is 2.64. The summed E-state index contributed by atoms with van der Waals surface area (Å²) >= 11 is 5.89. The largest absolute Gasteiger partial charge is 0.492 e. The van der Waals surface area contributed by atoms with E-state index in [2.05, 4.69) is 4.90 Å². The molecule has 1 aliphatic rings. The Balaban J connectivity index is 1.49. The fraction of sp³-hybridized carbons (Fsp3) is 0.429. The summed E-state index contributed by atoms with van der Waals surface area (Å²) in [5.74, 6) is -0.494. The summed E-state index contributed by atoms with van der Waals surface area (Å²) in [4.78, 5) is 2.10. The molecule has 0 aromatic heterocycles. The van der Waals surface area contributed by atoms with E-state index in [9.17, 15) is 17.6 Å². The predicted octanol–water partition coefficient (Wildman–Crippen LogP) is 5.81. The number of benzene rings is 2. The Morgan fingerprint density at radius 2 is 1.72 bits per heavy atom. The lowest BCUT2D eigenvalue weighted by Gasteiger charge is -2.39. The van der Waals surface area contributed by atoms with E-state index in [1.807, 2.05) is 19.1 Å². The van der Waals surface area contributed by atoms with Crippen LogP contribution in [0.5, 0.6) is 11.5 Å². The molecule has 0 N–H and O–H groups in total. The fourth-order valence-corrected chi connectivity index (χ4v) is 3.40. The van der Waals surface area contributed by atoms with Crippen molar-refractivity contribution >= 4 is 11.6 Å². The van der Waals surface area contributed by atoms with Crippen molar-refractivity contribution in [2.45, 2.75) is 31.5 Å². The van der Waals surface area contributed by atoms with E-state index in [0.29, 0.717) is 17.6 Å². The van der Waals surface area contributed by atoms with Crippen LogP contribution in [0.15, 0.2) is 42.5 Å². The Labute approximate surface area is 172 Å². The molecule has 1 aliphatic heterocycles. The second-order valence-corrected chi connectivity index (χ2v) is 7.77. The normalized spacial score (nSPS) is 17.2. The smallest absolute Gasteiger partial charge is 0.419 e. The number of hydrogen-bond acceptors (Lipinski definition) is 3. The van der Waals surface area contributed by atoms with Gasteiger partial charge in [-0.1, -0.05) is 11.6 Å². The first-order chi connectivity index (χ1) is 13.6. The van der Waals surface area contributed by atoms with Gasteiger partial charge in [0.1, 0.15) is 29.5 Å². The minimum atomic E-state index is -4.59. The van der Waals surface area contributed by atoms with Crippen LogP contribution in [0.4, 0.5) is 17.6 Å². The number of alkyl halides is 3. The molecule has 1 heterocycles. The van der Waals surface area contributed by atoms with Crippen LogP contribution in [0.1, 0.15) is 25.3 Å². The van der Waals surface area contributed by atoms with Gasteiger partial charge in [0.2, 0.25) is 0 Å². The van der Waals surface area contributed by atoms with Gasteiger partial charge < -0.3 is 9.47 Å². The monoisotopic (exact) mass is 431 g/mol. The highest BCUT2D eigenvalue weighted by molar-refractivity contribution is 6.30. The first kappa shape index (κ1) is 21.7. The zero-order chi connectivity index (χ0) is 21.1. The second-order valence-electron chi connectivity index (χ2n) is 7.33. The molecular weight excluding hydrogens is 410 g/mol. The van der Waals surface area contributed by atoms with Gasteiger partial charge >= 0.3 is 6.18 Å². The Morgan fingerprint density at radius 3 is 2.34 bits per heavy atom. The summed E-state index contributed by atoms with van der Waals surface area (Å²) in [6.45, 7) is 3.98. The predicted molar refractivity (Wildman–Crippen MR) is 103 cm³/mol. The van der Waals surface area contributed by atoms with Crippen LogP contribution in [-0.2, 0) is 6.18 Å². The zero-order valence-electron chi connectivity index (χ0n) is 15.9. The van der Waals surface area contributed by atoms with E-state index in [1.54, 1.807) is 12.1 Å². The highest BCUT2D eigenvalue weighted by Gasteiger charge is 2.35. The summed E-state index contributed by atoms with van der Waals surface area (Å²) in [7, 11) is 0. The summed E-state index contributed by atoms with van der Waals surface area (Å²) in [5, 5.41) is 0.643. The molecule has 3 rings (SSSR count). The molecule has 0 atom stereocenters. The molecule has 0 aliphatic carbocycles. The van der Waals surface area contributed by atoms with Crippen LogP contribution < -0.4 is 9.47 Å². The Hall–Kier alpha value is -1.99. The van der Waals surface area contributed by atoms with Crippen molar-refractivity contribution in [3.63, 3.8) is 0 Å². The van der Waals surface area contributed by atoms with Gasteiger partial charge in [-0.05, 0) is 56.2 Å². The molecule has 0 bridgehead atoms. The van der Waals surface area contributed by atoms with Gasteiger partial charge in [0, 0.05) is 30.7 Å².